The largest absolute Gasteiger partial charge is 0.460 e. The predicted octanol–water partition coefficient (Wildman–Crippen LogP) is 5.25. The van der Waals surface area contributed by atoms with Crippen molar-refractivity contribution in [1.29, 1.82) is 0 Å². The van der Waals surface area contributed by atoms with Gasteiger partial charge in [0, 0.05) is 42.7 Å². The zero-order valence-corrected chi connectivity index (χ0v) is 19.2. The minimum absolute atomic E-state index is 0.0712. The molecule has 7 nitrogen and oxygen atoms in total. The molecule has 3 atom stereocenters. The summed E-state index contributed by atoms with van der Waals surface area (Å²) in [6.45, 7) is 2.42. The summed E-state index contributed by atoms with van der Waals surface area (Å²) in [6.07, 6.45) is 6.17. The number of rotatable bonds is 6. The van der Waals surface area contributed by atoms with Crippen molar-refractivity contribution in [3.63, 3.8) is 0 Å². The van der Waals surface area contributed by atoms with Crippen molar-refractivity contribution in [2.75, 3.05) is 0 Å². The number of piperidine rings is 1. The first kappa shape index (κ1) is 21.0. The van der Waals surface area contributed by atoms with Crippen molar-refractivity contribution in [2.24, 2.45) is 0 Å². The Morgan fingerprint density at radius 3 is 2.56 bits per heavy atom. The molecule has 2 aromatic heterocycles. The molecule has 34 heavy (non-hydrogen) atoms. The van der Waals surface area contributed by atoms with Crippen LogP contribution in [0, 0.1) is 0 Å². The number of amides is 1. The number of furan rings is 1. The molecule has 6 rings (SSSR count). The number of benzene rings is 2. The van der Waals surface area contributed by atoms with Crippen LogP contribution in [0.2, 0.25) is 0 Å². The number of ether oxygens (including phenoxy) is 1. The number of carbonyl (C=O) groups excluding carboxylic acids is 1. The van der Waals surface area contributed by atoms with Gasteiger partial charge in [-0.25, -0.2) is 0 Å². The molecular weight excluding hydrogens is 428 g/mol. The van der Waals surface area contributed by atoms with Crippen LogP contribution in [-0.4, -0.2) is 39.1 Å². The highest BCUT2D eigenvalue weighted by atomic mass is 16.5. The summed E-state index contributed by atoms with van der Waals surface area (Å²) in [7, 11) is 0. The minimum atomic E-state index is 0.0712. The second-order valence-corrected chi connectivity index (χ2v) is 9.44. The number of hydrogen-bond acceptors (Lipinski definition) is 5. The highest BCUT2D eigenvalue weighted by molar-refractivity contribution is 5.79. The zero-order chi connectivity index (χ0) is 23.1. The van der Waals surface area contributed by atoms with Crippen molar-refractivity contribution in [1.82, 2.24) is 20.4 Å². The average molecular weight is 457 g/mol. The minimum Gasteiger partial charge on any atom is -0.460 e. The lowest BCUT2D eigenvalue weighted by molar-refractivity contribution is -0.120. The molecule has 2 aliphatic rings. The van der Waals surface area contributed by atoms with E-state index in [9.17, 15) is 4.79 Å². The van der Waals surface area contributed by atoms with Crippen LogP contribution in [-0.2, 0) is 11.3 Å². The summed E-state index contributed by atoms with van der Waals surface area (Å²) in [5, 5.41) is 11.2. The van der Waals surface area contributed by atoms with E-state index in [1.807, 2.05) is 48.5 Å². The maximum atomic E-state index is 11.5. The van der Waals surface area contributed by atoms with Crippen molar-refractivity contribution in [3.05, 3.63) is 66.6 Å². The fourth-order valence-electron chi connectivity index (χ4n) is 5.58. The molecule has 4 aromatic rings. The van der Waals surface area contributed by atoms with Crippen LogP contribution in [0.15, 0.2) is 65.2 Å². The Bertz CT molecular complexity index is 1280. The lowest BCUT2D eigenvalue weighted by Crippen LogP contribution is -2.49. The molecular formula is C27H28N4O3. The number of carbonyl (C=O) groups is 1. The fraction of sp³-hybridized carbons (Fsp3) is 0.333. The summed E-state index contributed by atoms with van der Waals surface area (Å²) >= 11 is 0. The number of H-pyrrole nitrogens is 1. The highest BCUT2D eigenvalue weighted by Crippen LogP contribution is 2.38. The van der Waals surface area contributed by atoms with Gasteiger partial charge in [0.1, 0.15) is 22.8 Å². The Balaban J connectivity index is 1.14. The van der Waals surface area contributed by atoms with Crippen LogP contribution in [0.1, 0.15) is 38.4 Å². The molecule has 0 aliphatic carbocycles. The third-order valence-electron chi connectivity index (χ3n) is 7.07. The molecule has 4 heterocycles. The summed E-state index contributed by atoms with van der Waals surface area (Å²) in [4.78, 5) is 14.0. The molecule has 2 fully saturated rings. The number of aromatic nitrogens is 2. The number of fused-ring (bicyclic) bond motifs is 3. The quantitative estimate of drug-likeness (QED) is 0.414. The van der Waals surface area contributed by atoms with Gasteiger partial charge in [0.15, 0.2) is 0 Å². The topological polar surface area (TPSA) is 83.4 Å². The van der Waals surface area contributed by atoms with Gasteiger partial charge in [0.05, 0.1) is 12.2 Å². The van der Waals surface area contributed by atoms with Crippen molar-refractivity contribution >= 4 is 16.9 Å². The Kier molecular flexibility index (Phi) is 5.34. The van der Waals surface area contributed by atoms with Gasteiger partial charge in [-0.2, -0.15) is 5.10 Å². The van der Waals surface area contributed by atoms with Gasteiger partial charge in [0.2, 0.25) is 5.91 Å². The Morgan fingerprint density at radius 1 is 1.09 bits per heavy atom. The molecule has 7 heteroatoms. The van der Waals surface area contributed by atoms with Crippen molar-refractivity contribution in [3.8, 4) is 22.8 Å². The molecule has 0 radical (unpaired) electrons. The van der Waals surface area contributed by atoms with E-state index in [2.05, 4.69) is 26.5 Å². The first-order valence-corrected chi connectivity index (χ1v) is 11.9. The molecule has 0 saturated carbocycles. The monoisotopic (exact) mass is 456 g/mol. The molecule has 0 spiro atoms. The third-order valence-corrected chi connectivity index (χ3v) is 7.07. The number of hydrogen-bond donors (Lipinski definition) is 2. The van der Waals surface area contributed by atoms with Gasteiger partial charge in [-0.3, -0.25) is 14.8 Å². The van der Waals surface area contributed by atoms with Crippen molar-refractivity contribution < 1.29 is 13.9 Å². The molecule has 2 aromatic carbocycles. The van der Waals surface area contributed by atoms with Crippen molar-refractivity contribution in [2.45, 2.75) is 57.3 Å². The van der Waals surface area contributed by atoms with Crippen LogP contribution < -0.4 is 10.1 Å². The van der Waals surface area contributed by atoms with E-state index in [1.165, 1.54) is 12.8 Å². The highest BCUT2D eigenvalue weighted by Gasteiger charge is 2.41. The van der Waals surface area contributed by atoms with Crippen LogP contribution in [0.3, 0.4) is 0 Å². The van der Waals surface area contributed by atoms with E-state index in [0.29, 0.717) is 18.1 Å². The third kappa shape index (κ3) is 4.19. The van der Waals surface area contributed by atoms with Gasteiger partial charge in [0.25, 0.3) is 0 Å². The molecule has 2 bridgehead atoms. The van der Waals surface area contributed by atoms with E-state index in [4.69, 9.17) is 9.15 Å². The molecule has 0 unspecified atom stereocenters. The smallest absolute Gasteiger partial charge is 0.217 e. The molecule has 1 amide bonds. The van der Waals surface area contributed by atoms with Gasteiger partial charge in [-0.1, -0.05) is 0 Å². The first-order valence-electron chi connectivity index (χ1n) is 11.9. The summed E-state index contributed by atoms with van der Waals surface area (Å²) < 4.78 is 12.3. The van der Waals surface area contributed by atoms with Crippen LogP contribution in [0.5, 0.6) is 11.5 Å². The van der Waals surface area contributed by atoms with Gasteiger partial charge < -0.3 is 14.5 Å². The van der Waals surface area contributed by atoms with E-state index < -0.39 is 0 Å². The van der Waals surface area contributed by atoms with Gasteiger partial charge in [-0.05, 0) is 79.8 Å². The number of aromatic amines is 1. The molecule has 2 N–H and O–H groups in total. The zero-order valence-electron chi connectivity index (χ0n) is 19.2. The summed E-state index contributed by atoms with van der Waals surface area (Å²) in [5.41, 5.74) is 2.87. The Labute approximate surface area is 198 Å². The number of nitrogens with one attached hydrogen (secondary N) is 2. The van der Waals surface area contributed by atoms with Crippen LogP contribution >= 0.6 is 0 Å². The molecule has 2 aliphatic heterocycles. The van der Waals surface area contributed by atoms with Gasteiger partial charge in [-0.15, -0.1) is 0 Å². The van der Waals surface area contributed by atoms with Crippen LogP contribution in [0.25, 0.3) is 22.2 Å². The molecule has 2 saturated heterocycles. The second-order valence-electron chi connectivity index (χ2n) is 9.44. The van der Waals surface area contributed by atoms with E-state index >= 15 is 0 Å². The van der Waals surface area contributed by atoms with E-state index in [0.717, 1.165) is 58.9 Å². The standard InChI is InChI=1S/C27H28N4O3/c1-17(32)29-20-13-21-5-6-22(14-20)31(21)16-25-12-19-4-9-24(15-27(19)34-25)33-23-7-2-18(3-8-23)26-10-11-28-30-26/h2-4,7-12,15,20-22H,5-6,13-14,16H2,1H3,(H,28,30)(H,29,32)/t20-,21+,22-. The number of nitrogens with zero attached hydrogens (tertiary/aromatic N) is 2. The van der Waals surface area contributed by atoms with Crippen LogP contribution in [0.4, 0.5) is 0 Å². The Morgan fingerprint density at radius 2 is 1.85 bits per heavy atom. The normalized spacial score (nSPS) is 22.2. The predicted molar refractivity (Wildman–Crippen MR) is 130 cm³/mol. The lowest BCUT2D eigenvalue weighted by Gasteiger charge is -2.38. The fourth-order valence-corrected chi connectivity index (χ4v) is 5.58. The summed E-state index contributed by atoms with van der Waals surface area (Å²) in [6, 6.07) is 19.3. The summed E-state index contributed by atoms with van der Waals surface area (Å²) in [5.74, 6) is 2.57. The lowest BCUT2D eigenvalue weighted by atomic mass is 9.97. The average Bonchev–Trinajstić information content (AvgIpc) is 3.53. The maximum Gasteiger partial charge on any atom is 0.217 e. The SMILES string of the molecule is CC(=O)N[C@H]1C[C@H]2CC[C@@H](C1)N2Cc1cc2ccc(Oc3ccc(-c4ccn[nH]4)cc3)cc2o1. The van der Waals surface area contributed by atoms with Gasteiger partial charge >= 0.3 is 0 Å². The van der Waals surface area contributed by atoms with E-state index in [-0.39, 0.29) is 5.91 Å². The second kappa shape index (κ2) is 8.65. The maximum absolute atomic E-state index is 11.5. The molecule has 174 valence electrons. The Hall–Kier alpha value is -3.58. The van der Waals surface area contributed by atoms with E-state index in [1.54, 1.807) is 13.1 Å². The first-order chi connectivity index (χ1) is 16.6.